The van der Waals surface area contributed by atoms with Gasteiger partial charge in [-0.25, -0.2) is 0 Å². The Morgan fingerprint density at radius 3 is 2.19 bits per heavy atom. The maximum Gasteiger partial charge on any atom is 0.311 e. The van der Waals surface area contributed by atoms with E-state index in [1.807, 2.05) is 20.8 Å². The van der Waals surface area contributed by atoms with Gasteiger partial charge in [-0.15, -0.1) is 0 Å². The Balaban J connectivity index is 1.82. The largest absolute Gasteiger partial charge is 0.479 e. The zero-order chi connectivity index (χ0) is 36.1. The number of fused-ring (bicyclic) bond motifs is 2. The normalized spacial score (nSPS) is 49.4. The van der Waals surface area contributed by atoms with Crippen LogP contribution in [0.4, 0.5) is 0 Å². The van der Waals surface area contributed by atoms with Crippen LogP contribution in [-0.4, -0.2) is 117 Å². The summed E-state index contributed by atoms with van der Waals surface area (Å²) < 4.78 is 37.6. The summed E-state index contributed by atoms with van der Waals surface area (Å²) in [5.41, 5.74) is -4.26. The van der Waals surface area contributed by atoms with Gasteiger partial charge in [0.05, 0.1) is 41.5 Å². The Hall–Kier alpha value is -1.68. The van der Waals surface area contributed by atoms with Crippen molar-refractivity contribution in [2.45, 2.75) is 173 Å². The average Bonchev–Trinajstić information content (AvgIpc) is 3.24. The van der Waals surface area contributed by atoms with Crippen LogP contribution < -0.4 is 5.32 Å². The van der Waals surface area contributed by atoms with Crippen molar-refractivity contribution in [2.24, 2.45) is 17.8 Å². The minimum atomic E-state index is -1.65. The third-order valence-electron chi connectivity index (χ3n) is 11.0. The summed E-state index contributed by atoms with van der Waals surface area (Å²) in [6.07, 6.45) is -7.73. The molecule has 276 valence electrons. The molecule has 2 bridgehead atoms. The van der Waals surface area contributed by atoms with Crippen LogP contribution in [0, 0.1) is 17.8 Å². The van der Waals surface area contributed by atoms with E-state index in [4.69, 9.17) is 28.4 Å². The molecule has 0 radical (unpaired) electrons. The summed E-state index contributed by atoms with van der Waals surface area (Å²) in [7, 11) is 1.74. The molecule has 3 fully saturated rings. The Morgan fingerprint density at radius 2 is 1.60 bits per heavy atom. The molecule has 16 unspecified atom stereocenters. The molecule has 0 spiro atoms. The van der Waals surface area contributed by atoms with Gasteiger partial charge in [0.25, 0.3) is 0 Å². The number of rotatable bonds is 6. The lowest BCUT2D eigenvalue weighted by atomic mass is 9.77. The molecule has 0 aromatic carbocycles. The van der Waals surface area contributed by atoms with Crippen LogP contribution in [0.3, 0.4) is 0 Å². The minimum absolute atomic E-state index is 0.0798. The van der Waals surface area contributed by atoms with Gasteiger partial charge >= 0.3 is 5.97 Å². The number of nitrogens with one attached hydrogen (secondary N) is 1. The summed E-state index contributed by atoms with van der Waals surface area (Å²) >= 11 is 0. The molecule has 4 aliphatic rings. The second-order valence-electron chi connectivity index (χ2n) is 15.3. The summed E-state index contributed by atoms with van der Waals surface area (Å²) in [6.45, 7) is 17.0. The highest BCUT2D eigenvalue weighted by Gasteiger charge is 2.55. The number of likely N-dealkylation sites (N-methyl/N-ethyl adjacent to an activating group) is 1. The highest BCUT2D eigenvalue weighted by Crippen LogP contribution is 2.44. The van der Waals surface area contributed by atoms with Gasteiger partial charge < -0.3 is 54.2 Å². The quantitative estimate of drug-likeness (QED) is 0.257. The molecule has 48 heavy (non-hydrogen) atoms. The standard InChI is InChI=1S/C35H59NO12/c1-12-23-35(10)28(38)18(4)26(48-35)16(2)14-34(9,42)30(47-32-25(37)22(36-11)13-17(3)43-32)19(5)27(20(6)31(40)45-23)46-24-15-33(8,41)29(39)21(7)44-24/h16-17,19-25,27,29-30,32,36-37,39,41-42H,12-15H2,1-11H3. The molecule has 13 heteroatoms. The maximum absolute atomic E-state index is 14.0. The van der Waals surface area contributed by atoms with Gasteiger partial charge in [0.2, 0.25) is 11.4 Å². The van der Waals surface area contributed by atoms with Gasteiger partial charge in [0, 0.05) is 29.9 Å². The number of carbonyl (C=O) groups excluding carboxylic acids is 2. The number of ketones is 1. The lowest BCUT2D eigenvalue weighted by molar-refractivity contribution is -0.314. The number of hydrogen-bond donors (Lipinski definition) is 5. The van der Waals surface area contributed by atoms with Crippen molar-refractivity contribution in [2.75, 3.05) is 7.05 Å². The van der Waals surface area contributed by atoms with Crippen molar-refractivity contribution in [3.8, 4) is 0 Å². The molecule has 4 rings (SSSR count). The van der Waals surface area contributed by atoms with Crippen LogP contribution in [0.25, 0.3) is 0 Å². The second kappa shape index (κ2) is 14.5. The summed E-state index contributed by atoms with van der Waals surface area (Å²) in [5, 5.41) is 48.3. The van der Waals surface area contributed by atoms with Gasteiger partial charge in [0.15, 0.2) is 12.6 Å². The van der Waals surface area contributed by atoms with E-state index in [9.17, 15) is 30.0 Å². The molecule has 0 aliphatic carbocycles. The number of Topliss-reactive ketones (excluding diaryl/α,β-unsaturated/α-hetero) is 1. The van der Waals surface area contributed by atoms with E-state index in [2.05, 4.69) is 5.32 Å². The van der Waals surface area contributed by atoms with Gasteiger partial charge in [-0.1, -0.05) is 20.8 Å². The zero-order valence-electron chi connectivity index (χ0n) is 30.4. The summed E-state index contributed by atoms with van der Waals surface area (Å²) in [6, 6.07) is -0.339. The van der Waals surface area contributed by atoms with E-state index in [-0.39, 0.29) is 30.8 Å². The van der Waals surface area contributed by atoms with E-state index in [1.54, 1.807) is 48.6 Å². The van der Waals surface area contributed by atoms with Crippen molar-refractivity contribution in [1.82, 2.24) is 5.32 Å². The van der Waals surface area contributed by atoms with Crippen molar-refractivity contribution < 1.29 is 58.4 Å². The third-order valence-corrected chi connectivity index (χ3v) is 11.0. The van der Waals surface area contributed by atoms with E-state index in [0.717, 1.165) is 0 Å². The highest BCUT2D eigenvalue weighted by atomic mass is 16.7. The topological polar surface area (TPSA) is 182 Å². The molecule has 4 heterocycles. The molecule has 16 atom stereocenters. The molecular weight excluding hydrogens is 626 g/mol. The number of hydrogen-bond acceptors (Lipinski definition) is 13. The molecule has 0 amide bonds. The molecule has 3 saturated heterocycles. The van der Waals surface area contributed by atoms with Crippen molar-refractivity contribution in [3.05, 3.63) is 11.3 Å². The first-order valence-electron chi connectivity index (χ1n) is 17.4. The number of aliphatic hydroxyl groups is 4. The highest BCUT2D eigenvalue weighted by molar-refractivity contribution is 6.04. The Morgan fingerprint density at radius 1 is 0.958 bits per heavy atom. The van der Waals surface area contributed by atoms with Gasteiger partial charge in [0.1, 0.15) is 24.1 Å². The zero-order valence-corrected chi connectivity index (χ0v) is 30.4. The molecular formula is C35H59NO12. The Bertz CT molecular complexity index is 1210. The summed E-state index contributed by atoms with van der Waals surface area (Å²) in [4.78, 5) is 27.7. The molecule has 5 N–H and O–H groups in total. The predicted molar refractivity (Wildman–Crippen MR) is 173 cm³/mol. The van der Waals surface area contributed by atoms with Crippen LogP contribution >= 0.6 is 0 Å². The Labute approximate surface area is 284 Å². The average molecular weight is 686 g/mol. The van der Waals surface area contributed by atoms with Crippen LogP contribution in [0.15, 0.2) is 11.3 Å². The van der Waals surface area contributed by atoms with Crippen molar-refractivity contribution in [3.63, 3.8) is 0 Å². The molecule has 0 aromatic rings. The fourth-order valence-electron chi connectivity index (χ4n) is 8.20. The summed E-state index contributed by atoms with van der Waals surface area (Å²) in [5.74, 6) is -2.78. The van der Waals surface area contributed by atoms with E-state index < -0.39 is 89.7 Å². The van der Waals surface area contributed by atoms with Crippen molar-refractivity contribution >= 4 is 11.8 Å². The van der Waals surface area contributed by atoms with E-state index in [1.165, 1.54) is 6.92 Å². The number of allylic oxidation sites excluding steroid dienone is 1. The molecule has 13 nitrogen and oxygen atoms in total. The molecule has 4 aliphatic heterocycles. The van der Waals surface area contributed by atoms with Gasteiger partial charge in [-0.3, -0.25) is 9.59 Å². The fourth-order valence-corrected chi connectivity index (χ4v) is 8.20. The number of cyclic esters (lactones) is 1. The van der Waals surface area contributed by atoms with E-state index >= 15 is 0 Å². The molecule has 0 saturated carbocycles. The number of ether oxygens (including phenoxy) is 6. The van der Waals surface area contributed by atoms with Crippen LogP contribution in [0.1, 0.15) is 94.9 Å². The Kier molecular flexibility index (Phi) is 11.8. The first-order valence-corrected chi connectivity index (χ1v) is 17.4. The number of carbonyl (C=O) groups is 2. The van der Waals surface area contributed by atoms with Crippen LogP contribution in [0.2, 0.25) is 0 Å². The monoisotopic (exact) mass is 685 g/mol. The third kappa shape index (κ3) is 7.50. The minimum Gasteiger partial charge on any atom is -0.479 e. The number of esters is 1. The first-order chi connectivity index (χ1) is 22.2. The van der Waals surface area contributed by atoms with Gasteiger partial charge in [-0.2, -0.15) is 0 Å². The maximum atomic E-state index is 14.0. The lowest BCUT2D eigenvalue weighted by Crippen LogP contribution is -2.60. The SMILES string of the molecule is CCC1OC(=O)C(C)C(OC2CC(C)(O)C(O)C(C)O2)C(C)C(OC2OC(C)CC(NC)C2O)C(C)(O)CC(C)C2=C(C)C(=O)C1(C)O2. The second-order valence-corrected chi connectivity index (χ2v) is 15.3. The smallest absolute Gasteiger partial charge is 0.311 e. The first kappa shape index (κ1) is 39.1. The van der Waals surface area contributed by atoms with Crippen LogP contribution in [0.5, 0.6) is 0 Å². The predicted octanol–water partition coefficient (Wildman–Crippen LogP) is 2.10. The fraction of sp³-hybridized carbons (Fsp3) is 0.886. The van der Waals surface area contributed by atoms with Crippen LogP contribution in [-0.2, 0) is 38.0 Å². The molecule has 0 aromatic heterocycles. The lowest BCUT2D eigenvalue weighted by Gasteiger charge is -2.47. The van der Waals surface area contributed by atoms with Crippen molar-refractivity contribution in [1.29, 1.82) is 0 Å². The van der Waals surface area contributed by atoms with E-state index in [0.29, 0.717) is 24.2 Å². The number of aliphatic hydroxyl groups excluding tert-OH is 2. The van der Waals surface area contributed by atoms with Gasteiger partial charge in [-0.05, 0) is 74.8 Å².